The second kappa shape index (κ2) is 5.44. The van der Waals surface area contributed by atoms with Gasteiger partial charge in [0.25, 0.3) is 0 Å². The molecule has 0 bridgehead atoms. The van der Waals surface area contributed by atoms with Gasteiger partial charge in [0.2, 0.25) is 0 Å². The molecule has 1 aliphatic carbocycles. The van der Waals surface area contributed by atoms with E-state index in [2.05, 4.69) is 14.5 Å². The minimum atomic E-state index is 0.00304. The summed E-state index contributed by atoms with van der Waals surface area (Å²) < 4.78 is 7.52. The number of aromatic nitrogens is 2. The summed E-state index contributed by atoms with van der Waals surface area (Å²) in [5.41, 5.74) is 1.30. The van der Waals surface area contributed by atoms with Gasteiger partial charge in [0.1, 0.15) is 0 Å². The number of carbonyl (C=O) groups excluding carboxylic acids is 1. The van der Waals surface area contributed by atoms with Gasteiger partial charge in [-0.3, -0.25) is 9.69 Å². The average molecular weight is 289 g/mol. The molecule has 21 heavy (non-hydrogen) atoms. The Kier molecular flexibility index (Phi) is 3.45. The van der Waals surface area contributed by atoms with Gasteiger partial charge in [-0.25, -0.2) is 4.98 Å². The van der Waals surface area contributed by atoms with Crippen molar-refractivity contribution in [1.29, 1.82) is 0 Å². The summed E-state index contributed by atoms with van der Waals surface area (Å²) >= 11 is 0. The Balaban J connectivity index is 1.44. The van der Waals surface area contributed by atoms with Gasteiger partial charge in [-0.2, -0.15) is 0 Å². The number of likely N-dealkylation sites (tertiary alicyclic amines) is 1. The fraction of sp³-hybridized carbons (Fsp3) is 0.750. The lowest BCUT2D eigenvalue weighted by Gasteiger charge is -2.26. The third-order valence-electron chi connectivity index (χ3n) is 5.36. The molecule has 0 amide bonds. The van der Waals surface area contributed by atoms with Gasteiger partial charge >= 0.3 is 5.97 Å². The largest absolute Gasteiger partial charge is 0.465 e. The van der Waals surface area contributed by atoms with E-state index in [-0.39, 0.29) is 11.9 Å². The molecule has 0 unspecified atom stereocenters. The molecule has 0 aromatic carbocycles. The lowest BCUT2D eigenvalue weighted by Crippen LogP contribution is -2.26. The van der Waals surface area contributed by atoms with E-state index in [1.54, 1.807) is 0 Å². The lowest BCUT2D eigenvalue weighted by atomic mass is 9.95. The van der Waals surface area contributed by atoms with Crippen LogP contribution in [0.25, 0.3) is 0 Å². The van der Waals surface area contributed by atoms with Crippen LogP contribution in [0.3, 0.4) is 0 Å². The highest BCUT2D eigenvalue weighted by Crippen LogP contribution is 2.33. The number of nitrogens with zero attached hydrogens (tertiary/aromatic N) is 3. The molecule has 1 aromatic heterocycles. The first-order valence-electron chi connectivity index (χ1n) is 8.21. The van der Waals surface area contributed by atoms with Crippen molar-refractivity contribution in [2.24, 2.45) is 11.8 Å². The van der Waals surface area contributed by atoms with Crippen LogP contribution in [0.1, 0.15) is 43.8 Å². The van der Waals surface area contributed by atoms with Crippen molar-refractivity contribution < 1.29 is 9.53 Å². The van der Waals surface area contributed by atoms with E-state index in [1.165, 1.54) is 37.8 Å². The fourth-order valence-corrected chi connectivity index (χ4v) is 4.19. The summed E-state index contributed by atoms with van der Waals surface area (Å²) in [4.78, 5) is 18.4. The Morgan fingerprint density at radius 3 is 2.90 bits per heavy atom. The quantitative estimate of drug-likeness (QED) is 0.799. The van der Waals surface area contributed by atoms with Crippen molar-refractivity contribution in [2.75, 3.05) is 19.7 Å². The number of ether oxygens (including phenoxy) is 1. The fourth-order valence-electron chi connectivity index (χ4n) is 4.19. The van der Waals surface area contributed by atoms with Crippen LogP contribution >= 0.6 is 0 Å². The Morgan fingerprint density at radius 1 is 1.24 bits per heavy atom. The zero-order valence-electron chi connectivity index (χ0n) is 12.4. The monoisotopic (exact) mass is 289 g/mol. The van der Waals surface area contributed by atoms with Gasteiger partial charge in [0, 0.05) is 37.8 Å². The van der Waals surface area contributed by atoms with E-state index in [1.807, 2.05) is 12.5 Å². The van der Waals surface area contributed by atoms with E-state index in [4.69, 9.17) is 4.74 Å². The van der Waals surface area contributed by atoms with Crippen LogP contribution in [-0.2, 0) is 16.1 Å². The maximum Gasteiger partial charge on any atom is 0.310 e. The Morgan fingerprint density at radius 2 is 2.10 bits per heavy atom. The first-order valence-corrected chi connectivity index (χ1v) is 8.21. The second-order valence-corrected chi connectivity index (χ2v) is 6.77. The summed E-state index contributed by atoms with van der Waals surface area (Å²) in [6.07, 6.45) is 10.6. The highest BCUT2D eigenvalue weighted by molar-refractivity contribution is 5.75. The average Bonchev–Trinajstić information content (AvgIpc) is 3.19. The Bertz CT molecular complexity index is 521. The zero-order valence-corrected chi connectivity index (χ0v) is 12.4. The molecule has 2 saturated heterocycles. The molecule has 3 aliphatic rings. The molecule has 3 fully saturated rings. The first kappa shape index (κ1) is 13.3. The van der Waals surface area contributed by atoms with Crippen LogP contribution in [0.4, 0.5) is 0 Å². The van der Waals surface area contributed by atoms with Crippen LogP contribution < -0.4 is 0 Å². The van der Waals surface area contributed by atoms with E-state index in [9.17, 15) is 4.79 Å². The predicted molar refractivity (Wildman–Crippen MR) is 77.6 cm³/mol. The van der Waals surface area contributed by atoms with Crippen molar-refractivity contribution >= 4 is 5.97 Å². The normalized spacial score (nSPS) is 30.6. The van der Waals surface area contributed by atoms with Gasteiger partial charge in [-0.15, -0.1) is 0 Å². The smallest absolute Gasteiger partial charge is 0.310 e. The number of esters is 1. The molecule has 5 heteroatoms. The highest BCUT2D eigenvalue weighted by atomic mass is 16.5. The third-order valence-corrected chi connectivity index (χ3v) is 5.36. The number of hydrogen-bond acceptors (Lipinski definition) is 4. The molecule has 5 nitrogen and oxygen atoms in total. The highest BCUT2D eigenvalue weighted by Gasteiger charge is 2.43. The molecular weight excluding hydrogens is 266 g/mol. The number of rotatable bonds is 3. The topological polar surface area (TPSA) is 47.4 Å². The van der Waals surface area contributed by atoms with Crippen molar-refractivity contribution in [3.8, 4) is 0 Å². The molecule has 114 valence electrons. The molecule has 2 atom stereocenters. The van der Waals surface area contributed by atoms with Crippen LogP contribution in [0.5, 0.6) is 0 Å². The molecule has 4 rings (SSSR count). The maximum absolute atomic E-state index is 11.7. The minimum absolute atomic E-state index is 0.00304. The third kappa shape index (κ3) is 2.48. The summed E-state index contributed by atoms with van der Waals surface area (Å²) in [6, 6.07) is 0.628. The van der Waals surface area contributed by atoms with Crippen LogP contribution in [0.15, 0.2) is 12.5 Å². The van der Waals surface area contributed by atoms with Crippen LogP contribution in [0.2, 0.25) is 0 Å². The maximum atomic E-state index is 11.7. The zero-order chi connectivity index (χ0) is 14.2. The summed E-state index contributed by atoms with van der Waals surface area (Å²) in [5.74, 6) is 0.517. The number of cyclic esters (lactones) is 1. The standard InChI is InChI=1S/C16H23N3O2/c20-16-15-9-18(7-12(15)10-21-16)8-14-6-17-11-19(14)13-4-2-1-3-5-13/h6,11-13,15H,1-5,7-10H2/t12-,15-/m1/s1. The van der Waals surface area contributed by atoms with Crippen LogP contribution in [0, 0.1) is 11.8 Å². The predicted octanol–water partition coefficient (Wildman–Crippen LogP) is 1.99. The molecule has 0 spiro atoms. The summed E-state index contributed by atoms with van der Waals surface area (Å²) in [6.45, 7) is 3.35. The number of imidazole rings is 1. The number of carbonyl (C=O) groups is 1. The van der Waals surface area contributed by atoms with Gasteiger partial charge in [-0.05, 0) is 12.8 Å². The van der Waals surface area contributed by atoms with Crippen molar-refractivity contribution in [1.82, 2.24) is 14.5 Å². The molecule has 0 radical (unpaired) electrons. The Hall–Kier alpha value is -1.36. The summed E-state index contributed by atoms with van der Waals surface area (Å²) in [7, 11) is 0. The van der Waals surface area contributed by atoms with Gasteiger partial charge in [0.15, 0.2) is 0 Å². The van der Waals surface area contributed by atoms with Crippen molar-refractivity contribution in [2.45, 2.75) is 44.7 Å². The SMILES string of the molecule is O=C1OC[C@H]2CN(Cc3cncn3C3CCCCC3)C[C@@H]12. The minimum Gasteiger partial charge on any atom is -0.465 e. The van der Waals surface area contributed by atoms with Crippen molar-refractivity contribution in [3.05, 3.63) is 18.2 Å². The van der Waals surface area contributed by atoms with Gasteiger partial charge in [0.05, 0.1) is 24.5 Å². The molecular formula is C16H23N3O2. The van der Waals surface area contributed by atoms with Gasteiger partial charge in [-0.1, -0.05) is 19.3 Å². The molecule has 0 N–H and O–H groups in total. The first-order chi connectivity index (χ1) is 10.3. The van der Waals surface area contributed by atoms with Gasteiger partial charge < -0.3 is 9.30 Å². The van der Waals surface area contributed by atoms with E-state index in [0.717, 1.165) is 19.6 Å². The summed E-state index contributed by atoms with van der Waals surface area (Å²) in [5, 5.41) is 0. The van der Waals surface area contributed by atoms with E-state index < -0.39 is 0 Å². The van der Waals surface area contributed by atoms with Crippen molar-refractivity contribution in [3.63, 3.8) is 0 Å². The molecule has 1 aromatic rings. The van der Waals surface area contributed by atoms with E-state index in [0.29, 0.717) is 18.6 Å². The molecule has 1 saturated carbocycles. The number of fused-ring (bicyclic) bond motifs is 1. The molecule has 2 aliphatic heterocycles. The van der Waals surface area contributed by atoms with E-state index >= 15 is 0 Å². The second-order valence-electron chi connectivity index (χ2n) is 6.77. The number of hydrogen-bond donors (Lipinski definition) is 0. The molecule has 3 heterocycles. The van der Waals surface area contributed by atoms with Crippen LogP contribution in [-0.4, -0.2) is 40.1 Å². The Labute approximate surface area is 125 Å². The lowest BCUT2D eigenvalue weighted by molar-refractivity contribution is -0.141.